The molecule has 0 saturated carbocycles. The summed E-state index contributed by atoms with van der Waals surface area (Å²) in [5.41, 5.74) is 8.65. The van der Waals surface area contributed by atoms with Gasteiger partial charge in [0.25, 0.3) is 0 Å². The van der Waals surface area contributed by atoms with Crippen molar-refractivity contribution in [1.82, 2.24) is 9.29 Å². The van der Waals surface area contributed by atoms with Gasteiger partial charge in [-0.15, -0.1) is 0 Å². The maximum absolute atomic E-state index is 9.69. The Morgan fingerprint density at radius 3 is 2.52 bits per heavy atom. The first kappa shape index (κ1) is 23.0. The van der Waals surface area contributed by atoms with Crippen molar-refractivity contribution in [3.05, 3.63) is 83.0 Å². The molecule has 0 unspecified atom stereocenters. The van der Waals surface area contributed by atoms with Crippen LogP contribution in [0.5, 0.6) is 5.75 Å². The van der Waals surface area contributed by atoms with E-state index in [0.29, 0.717) is 17.9 Å². The molecule has 168 valence electrons. The molecule has 4 aromatic rings. The molecule has 1 N–H and O–H groups in total. The fraction of sp³-hybridized carbons (Fsp3) is 0.250. The highest BCUT2D eigenvalue weighted by Crippen LogP contribution is 2.31. The van der Waals surface area contributed by atoms with E-state index in [1.54, 1.807) is 11.9 Å². The van der Waals surface area contributed by atoms with E-state index in [1.807, 2.05) is 19.2 Å². The molecule has 0 aliphatic rings. The van der Waals surface area contributed by atoms with Crippen LogP contribution in [0.3, 0.4) is 0 Å². The lowest BCUT2D eigenvalue weighted by Gasteiger charge is -2.14. The lowest BCUT2D eigenvalue weighted by atomic mass is 9.99. The van der Waals surface area contributed by atoms with Crippen molar-refractivity contribution in [2.75, 3.05) is 12.9 Å². The average Bonchev–Trinajstić information content (AvgIpc) is 3.25. The Kier molecular flexibility index (Phi) is 7.08. The fourth-order valence-electron chi connectivity index (χ4n) is 4.14. The highest BCUT2D eigenvalue weighted by molar-refractivity contribution is 7.96. The number of aromatic nitrogens is 1. The lowest BCUT2D eigenvalue weighted by molar-refractivity contribution is 0.314. The molecule has 3 aromatic carbocycles. The van der Waals surface area contributed by atoms with Crippen molar-refractivity contribution < 1.29 is 4.74 Å². The van der Waals surface area contributed by atoms with Gasteiger partial charge in [-0.2, -0.15) is 5.26 Å². The normalized spacial score (nSPS) is 11.0. The van der Waals surface area contributed by atoms with E-state index < -0.39 is 0 Å². The lowest BCUT2D eigenvalue weighted by Crippen LogP contribution is -2.03. The number of hydrogen-bond donors (Lipinski definition) is 1. The minimum Gasteiger partial charge on any atom is -0.492 e. The Labute approximate surface area is 200 Å². The van der Waals surface area contributed by atoms with Crippen LogP contribution in [0.4, 0.5) is 0 Å². The third-order valence-electron chi connectivity index (χ3n) is 5.88. The Bertz CT molecular complexity index is 1330. The summed E-state index contributed by atoms with van der Waals surface area (Å²) in [4.78, 5) is 0. The maximum atomic E-state index is 9.69. The summed E-state index contributed by atoms with van der Waals surface area (Å²) in [6.45, 7) is 7.70. The third kappa shape index (κ3) is 4.78. The van der Waals surface area contributed by atoms with Crippen LogP contribution in [0.25, 0.3) is 27.7 Å². The predicted octanol–water partition coefficient (Wildman–Crippen LogP) is 6.94. The zero-order valence-corrected chi connectivity index (χ0v) is 20.4. The fourth-order valence-corrected chi connectivity index (χ4v) is 4.44. The number of ether oxygens (including phenoxy) is 1. The number of benzene rings is 3. The van der Waals surface area contributed by atoms with Crippen LogP contribution in [0.2, 0.25) is 0 Å². The monoisotopic (exact) mass is 455 g/mol. The molecule has 0 bridgehead atoms. The Balaban J connectivity index is 1.69. The average molecular weight is 456 g/mol. The zero-order chi connectivity index (χ0) is 23.4. The second-order valence-electron chi connectivity index (χ2n) is 8.23. The van der Waals surface area contributed by atoms with Crippen LogP contribution in [-0.4, -0.2) is 17.4 Å². The van der Waals surface area contributed by atoms with E-state index in [1.165, 1.54) is 27.6 Å². The van der Waals surface area contributed by atoms with Gasteiger partial charge in [0.2, 0.25) is 0 Å². The smallest absolute Gasteiger partial charge is 0.140 e. The topological polar surface area (TPSA) is 50.0 Å². The van der Waals surface area contributed by atoms with E-state index in [4.69, 9.17) is 4.74 Å². The molecule has 0 saturated heterocycles. The van der Waals surface area contributed by atoms with Gasteiger partial charge in [0.05, 0.1) is 17.7 Å². The van der Waals surface area contributed by atoms with E-state index in [9.17, 15) is 5.26 Å². The highest BCUT2D eigenvalue weighted by atomic mass is 32.2. The van der Waals surface area contributed by atoms with Gasteiger partial charge in [0.15, 0.2) is 0 Å². The van der Waals surface area contributed by atoms with E-state index in [0.717, 1.165) is 29.7 Å². The van der Waals surface area contributed by atoms with Crippen molar-refractivity contribution in [1.29, 1.82) is 5.26 Å². The van der Waals surface area contributed by atoms with Crippen LogP contribution in [0, 0.1) is 25.2 Å². The summed E-state index contributed by atoms with van der Waals surface area (Å²) in [5, 5.41) is 10.9. The summed E-state index contributed by atoms with van der Waals surface area (Å²) in [6, 6.07) is 21.7. The molecule has 1 heterocycles. The van der Waals surface area contributed by atoms with Gasteiger partial charge >= 0.3 is 0 Å². The van der Waals surface area contributed by atoms with Gasteiger partial charge in [-0.05, 0) is 84.7 Å². The molecule has 0 amide bonds. The van der Waals surface area contributed by atoms with Gasteiger partial charge in [-0.1, -0.05) is 43.1 Å². The van der Waals surface area contributed by atoms with E-state index in [-0.39, 0.29) is 0 Å². The molecular weight excluding hydrogens is 426 g/mol. The summed E-state index contributed by atoms with van der Waals surface area (Å²) < 4.78 is 11.3. The zero-order valence-electron chi connectivity index (χ0n) is 19.6. The predicted molar refractivity (Wildman–Crippen MR) is 139 cm³/mol. The highest BCUT2D eigenvalue weighted by Gasteiger charge is 2.13. The number of nitrogens with zero attached hydrogens (tertiary/aromatic N) is 2. The maximum Gasteiger partial charge on any atom is 0.140 e. The van der Waals surface area contributed by atoms with Crippen LogP contribution in [0.15, 0.2) is 60.8 Å². The van der Waals surface area contributed by atoms with Crippen molar-refractivity contribution in [2.24, 2.45) is 0 Å². The number of hydrogen-bond acceptors (Lipinski definition) is 4. The standard InChI is InChI=1S/C28H29N3OS/c1-5-12-32-28-20(3)14-26(16-25(28)17-29)31-11-10-23-15-22(8-9-27(23)31)21-6-7-24(18-30-33-4)19(2)13-21/h6-11,13-16,30H,5,12,18H2,1-4H3. The molecule has 33 heavy (non-hydrogen) atoms. The molecule has 5 heteroatoms. The summed E-state index contributed by atoms with van der Waals surface area (Å²) in [6.07, 6.45) is 5.02. The number of rotatable bonds is 8. The molecule has 4 nitrogen and oxygen atoms in total. The molecule has 1 aromatic heterocycles. The minimum atomic E-state index is 0.573. The van der Waals surface area contributed by atoms with E-state index in [2.05, 4.69) is 83.9 Å². The van der Waals surface area contributed by atoms with E-state index >= 15 is 0 Å². The quantitative estimate of drug-likeness (QED) is 0.292. The van der Waals surface area contributed by atoms with Gasteiger partial charge in [-0.3, -0.25) is 4.72 Å². The van der Waals surface area contributed by atoms with Crippen molar-refractivity contribution >= 4 is 22.9 Å². The molecule has 0 spiro atoms. The van der Waals surface area contributed by atoms with Crippen LogP contribution in [-0.2, 0) is 6.54 Å². The SMILES string of the molecule is CCCOc1c(C)cc(-n2ccc3cc(-c4ccc(CNSC)c(C)c4)ccc32)cc1C#N. The van der Waals surface area contributed by atoms with Crippen LogP contribution >= 0.6 is 11.9 Å². The summed E-state index contributed by atoms with van der Waals surface area (Å²) in [5.74, 6) is 0.688. The van der Waals surface area contributed by atoms with Gasteiger partial charge < -0.3 is 9.30 Å². The Morgan fingerprint density at radius 1 is 1.00 bits per heavy atom. The number of aryl methyl sites for hydroxylation is 2. The van der Waals surface area contributed by atoms with Gasteiger partial charge in [0, 0.05) is 23.8 Å². The number of nitriles is 1. The molecule has 0 radical (unpaired) electrons. The number of fused-ring (bicyclic) bond motifs is 1. The largest absolute Gasteiger partial charge is 0.492 e. The van der Waals surface area contributed by atoms with Gasteiger partial charge in [0.1, 0.15) is 11.8 Å². The van der Waals surface area contributed by atoms with Crippen LogP contribution in [0.1, 0.15) is 35.6 Å². The van der Waals surface area contributed by atoms with Crippen molar-refractivity contribution in [2.45, 2.75) is 33.7 Å². The first-order valence-electron chi connectivity index (χ1n) is 11.2. The van der Waals surface area contributed by atoms with Crippen molar-refractivity contribution in [3.8, 4) is 28.6 Å². The molecule has 4 rings (SSSR count). The Hall–Kier alpha value is -3.20. The minimum absolute atomic E-state index is 0.573. The summed E-state index contributed by atoms with van der Waals surface area (Å²) in [7, 11) is 0. The second-order valence-corrected chi connectivity index (χ2v) is 8.92. The Morgan fingerprint density at radius 2 is 1.79 bits per heavy atom. The first-order valence-corrected chi connectivity index (χ1v) is 12.4. The molecule has 0 fully saturated rings. The molecule has 0 aliphatic carbocycles. The molecule has 0 aliphatic heterocycles. The third-order valence-corrected chi connectivity index (χ3v) is 6.31. The van der Waals surface area contributed by atoms with Crippen molar-refractivity contribution in [3.63, 3.8) is 0 Å². The molecular formula is C28H29N3OS. The molecule has 0 atom stereocenters. The second kappa shape index (κ2) is 10.2. The summed E-state index contributed by atoms with van der Waals surface area (Å²) >= 11 is 1.64. The van der Waals surface area contributed by atoms with Crippen LogP contribution < -0.4 is 9.46 Å². The van der Waals surface area contributed by atoms with Gasteiger partial charge in [-0.25, -0.2) is 0 Å². The first-order chi connectivity index (χ1) is 16.0. The number of nitrogens with one attached hydrogen (secondary N) is 1.